The Morgan fingerprint density at radius 1 is 1.35 bits per heavy atom. The van der Waals surface area contributed by atoms with Crippen molar-refractivity contribution in [2.24, 2.45) is 5.92 Å². The fourth-order valence-electron chi connectivity index (χ4n) is 3.44. The van der Waals surface area contributed by atoms with E-state index in [2.05, 4.69) is 11.0 Å². The number of hydrogen-bond acceptors (Lipinski definition) is 4. The number of nitrogens with zero attached hydrogens (tertiary/aromatic N) is 3. The Kier molecular flexibility index (Phi) is 5.97. The van der Waals surface area contributed by atoms with Gasteiger partial charge >= 0.3 is 5.97 Å². The van der Waals surface area contributed by atoms with Gasteiger partial charge in [-0.05, 0) is 32.4 Å². The van der Waals surface area contributed by atoms with Crippen LogP contribution in [0.3, 0.4) is 0 Å². The first-order chi connectivity index (χ1) is 12.6. The third-order valence-electron chi connectivity index (χ3n) is 4.65. The summed E-state index contributed by atoms with van der Waals surface area (Å²) in [5, 5.41) is 10.1. The number of likely N-dealkylation sites (tertiary alicyclic amines) is 1. The Hall–Kier alpha value is -2.29. The monoisotopic (exact) mass is 371 g/mol. The molecule has 5 nitrogen and oxygen atoms in total. The van der Waals surface area contributed by atoms with E-state index in [9.17, 15) is 10.1 Å². The van der Waals surface area contributed by atoms with Crippen LogP contribution < -0.4 is 0 Å². The van der Waals surface area contributed by atoms with Gasteiger partial charge in [0.05, 0.1) is 24.8 Å². The quantitative estimate of drug-likeness (QED) is 0.747. The molecule has 0 N–H and O–H groups in total. The second-order valence-corrected chi connectivity index (χ2v) is 6.91. The molecule has 1 aromatic heterocycles. The average molecular weight is 372 g/mol. The van der Waals surface area contributed by atoms with Crippen molar-refractivity contribution in [1.82, 2.24) is 9.47 Å². The Morgan fingerprint density at radius 3 is 2.88 bits per heavy atom. The van der Waals surface area contributed by atoms with Crippen LogP contribution in [-0.4, -0.2) is 35.1 Å². The van der Waals surface area contributed by atoms with Crippen molar-refractivity contribution in [3.63, 3.8) is 0 Å². The highest BCUT2D eigenvalue weighted by atomic mass is 35.5. The number of halogens is 1. The second-order valence-electron chi connectivity index (χ2n) is 6.50. The van der Waals surface area contributed by atoms with Crippen LogP contribution in [0.25, 0.3) is 11.1 Å². The number of carbonyl (C=O) groups is 1. The minimum atomic E-state index is -0.112. The van der Waals surface area contributed by atoms with E-state index < -0.39 is 0 Å². The van der Waals surface area contributed by atoms with Gasteiger partial charge < -0.3 is 9.30 Å². The lowest BCUT2D eigenvalue weighted by molar-refractivity contribution is -0.150. The van der Waals surface area contributed by atoms with E-state index in [1.54, 1.807) is 0 Å². The lowest BCUT2D eigenvalue weighted by Gasteiger charge is -2.31. The molecule has 0 spiro atoms. The number of carbonyl (C=O) groups excluding carboxylic acids is 1. The normalized spacial score (nSPS) is 17.7. The van der Waals surface area contributed by atoms with Crippen LogP contribution in [-0.2, 0) is 16.2 Å². The number of aromatic nitrogens is 1. The van der Waals surface area contributed by atoms with Gasteiger partial charge in [0.2, 0.25) is 0 Å². The molecule has 2 aromatic rings. The maximum atomic E-state index is 12.0. The fraction of sp³-hybridized carbons (Fsp3) is 0.400. The highest BCUT2D eigenvalue weighted by molar-refractivity contribution is 6.33. The molecule has 1 aromatic carbocycles. The van der Waals surface area contributed by atoms with Gasteiger partial charge in [-0.25, -0.2) is 0 Å². The van der Waals surface area contributed by atoms with Crippen LogP contribution in [0, 0.1) is 17.2 Å². The number of nitriles is 1. The summed E-state index contributed by atoms with van der Waals surface area (Å²) in [6.45, 7) is 4.49. The molecule has 1 aliphatic heterocycles. The summed E-state index contributed by atoms with van der Waals surface area (Å²) in [7, 11) is 0. The summed E-state index contributed by atoms with van der Waals surface area (Å²) < 4.78 is 7.15. The van der Waals surface area contributed by atoms with E-state index in [1.165, 1.54) is 0 Å². The average Bonchev–Trinajstić information content (AvgIpc) is 3.05. The van der Waals surface area contributed by atoms with E-state index >= 15 is 0 Å². The van der Waals surface area contributed by atoms with Crippen molar-refractivity contribution < 1.29 is 9.53 Å². The first-order valence-corrected chi connectivity index (χ1v) is 9.24. The maximum Gasteiger partial charge on any atom is 0.310 e. The minimum absolute atomic E-state index is 0.0715. The summed E-state index contributed by atoms with van der Waals surface area (Å²) in [6, 6.07) is 9.78. The van der Waals surface area contributed by atoms with Gasteiger partial charge in [0.1, 0.15) is 6.07 Å². The molecule has 1 saturated heterocycles. The second kappa shape index (κ2) is 8.39. The zero-order chi connectivity index (χ0) is 18.5. The standard InChI is InChI=1S/C20H22ClN3O2/c1-2-26-20(25)15-6-5-9-23(11-15)14-24-12-16(10-22)18(13-24)17-7-3-4-8-19(17)21/h3-4,7-8,12-13,15H,2,5-6,9,11,14H2,1H3. The smallest absolute Gasteiger partial charge is 0.310 e. The van der Waals surface area contributed by atoms with Crippen LogP contribution >= 0.6 is 11.6 Å². The summed E-state index contributed by atoms with van der Waals surface area (Å²) in [4.78, 5) is 14.2. The van der Waals surface area contributed by atoms with Crippen LogP contribution in [0.5, 0.6) is 0 Å². The number of piperidine rings is 1. The highest BCUT2D eigenvalue weighted by Crippen LogP contribution is 2.31. The van der Waals surface area contributed by atoms with E-state index in [0.717, 1.165) is 30.5 Å². The van der Waals surface area contributed by atoms with Crippen LogP contribution in [0.2, 0.25) is 5.02 Å². The van der Waals surface area contributed by atoms with Crippen molar-refractivity contribution >= 4 is 17.6 Å². The maximum absolute atomic E-state index is 12.0. The SMILES string of the molecule is CCOC(=O)C1CCCN(Cn2cc(C#N)c(-c3ccccc3Cl)c2)C1. The molecule has 1 atom stereocenters. The number of rotatable bonds is 5. The molecule has 0 aliphatic carbocycles. The molecule has 0 saturated carbocycles. The third-order valence-corrected chi connectivity index (χ3v) is 4.98. The summed E-state index contributed by atoms with van der Waals surface area (Å²) >= 11 is 6.29. The fourth-order valence-corrected chi connectivity index (χ4v) is 3.68. The Balaban J connectivity index is 1.76. The van der Waals surface area contributed by atoms with E-state index in [0.29, 0.717) is 30.4 Å². The van der Waals surface area contributed by atoms with E-state index in [-0.39, 0.29) is 11.9 Å². The summed E-state index contributed by atoms with van der Waals surface area (Å²) in [5.41, 5.74) is 2.28. The first kappa shape index (κ1) is 18.5. The number of esters is 1. The zero-order valence-corrected chi connectivity index (χ0v) is 15.6. The summed E-state index contributed by atoms with van der Waals surface area (Å²) in [5.74, 6) is -0.183. The zero-order valence-electron chi connectivity index (χ0n) is 14.8. The predicted octanol–water partition coefficient (Wildman–Crippen LogP) is 3.91. The topological polar surface area (TPSA) is 58.3 Å². The lowest BCUT2D eigenvalue weighted by atomic mass is 9.98. The molecule has 0 radical (unpaired) electrons. The van der Waals surface area contributed by atoms with Crippen LogP contribution in [0.15, 0.2) is 36.7 Å². The van der Waals surface area contributed by atoms with Crippen molar-refractivity contribution in [3.05, 3.63) is 47.2 Å². The van der Waals surface area contributed by atoms with Gasteiger partial charge in [-0.15, -0.1) is 0 Å². The predicted molar refractivity (Wildman–Crippen MR) is 101 cm³/mol. The molecular weight excluding hydrogens is 350 g/mol. The number of ether oxygens (including phenoxy) is 1. The lowest BCUT2D eigenvalue weighted by Crippen LogP contribution is -2.40. The molecule has 2 heterocycles. The van der Waals surface area contributed by atoms with Crippen molar-refractivity contribution in [2.75, 3.05) is 19.7 Å². The van der Waals surface area contributed by atoms with Crippen molar-refractivity contribution in [1.29, 1.82) is 5.26 Å². The number of benzene rings is 1. The van der Waals surface area contributed by atoms with Crippen molar-refractivity contribution in [2.45, 2.75) is 26.4 Å². The third kappa shape index (κ3) is 4.09. The largest absolute Gasteiger partial charge is 0.466 e. The van der Waals surface area contributed by atoms with Gasteiger partial charge in [0.25, 0.3) is 0 Å². The molecule has 26 heavy (non-hydrogen) atoms. The molecule has 1 unspecified atom stereocenters. The highest BCUT2D eigenvalue weighted by Gasteiger charge is 2.27. The van der Waals surface area contributed by atoms with Gasteiger partial charge in [-0.1, -0.05) is 29.8 Å². The van der Waals surface area contributed by atoms with Gasteiger partial charge in [-0.3, -0.25) is 9.69 Å². The van der Waals surface area contributed by atoms with Gasteiger partial charge in [0.15, 0.2) is 0 Å². The molecule has 0 amide bonds. The van der Waals surface area contributed by atoms with E-state index in [1.807, 2.05) is 48.1 Å². The molecule has 1 fully saturated rings. The molecule has 1 aliphatic rings. The summed E-state index contributed by atoms with van der Waals surface area (Å²) in [6.07, 6.45) is 5.63. The molecule has 6 heteroatoms. The minimum Gasteiger partial charge on any atom is -0.466 e. The Morgan fingerprint density at radius 2 is 2.15 bits per heavy atom. The molecular formula is C20H22ClN3O2. The Labute approximate surface area is 158 Å². The van der Waals surface area contributed by atoms with E-state index in [4.69, 9.17) is 16.3 Å². The molecule has 3 rings (SSSR count). The van der Waals surface area contributed by atoms with Crippen LogP contribution in [0.1, 0.15) is 25.3 Å². The molecule has 0 bridgehead atoms. The number of hydrogen-bond donors (Lipinski definition) is 0. The van der Waals surface area contributed by atoms with Crippen molar-refractivity contribution in [3.8, 4) is 17.2 Å². The van der Waals surface area contributed by atoms with Gasteiger partial charge in [-0.2, -0.15) is 5.26 Å². The van der Waals surface area contributed by atoms with Crippen LogP contribution in [0.4, 0.5) is 0 Å². The first-order valence-electron chi connectivity index (χ1n) is 8.86. The van der Waals surface area contributed by atoms with Gasteiger partial charge in [0, 0.05) is 35.1 Å². The Bertz CT molecular complexity index is 825. The molecule has 136 valence electrons.